The van der Waals surface area contributed by atoms with Crippen LogP contribution in [-0.4, -0.2) is 24.9 Å². The third-order valence-electron chi connectivity index (χ3n) is 5.54. The lowest BCUT2D eigenvalue weighted by atomic mass is 9.92. The van der Waals surface area contributed by atoms with Gasteiger partial charge in [-0.3, -0.25) is 9.59 Å². The molecule has 3 N–H and O–H groups in total. The van der Waals surface area contributed by atoms with E-state index in [4.69, 9.17) is 0 Å². The number of piperidine rings is 1. The van der Waals surface area contributed by atoms with Crippen molar-refractivity contribution >= 4 is 35.6 Å². The topological polar surface area (TPSA) is 70.2 Å². The summed E-state index contributed by atoms with van der Waals surface area (Å²) in [6.07, 6.45) is 3.18. The van der Waals surface area contributed by atoms with Gasteiger partial charge in [0, 0.05) is 22.7 Å². The van der Waals surface area contributed by atoms with Gasteiger partial charge in [-0.15, -0.1) is 12.4 Å². The predicted octanol–water partition coefficient (Wildman–Crippen LogP) is 3.73. The Kier molecular flexibility index (Phi) is 6.03. The van der Waals surface area contributed by atoms with E-state index in [0.29, 0.717) is 0 Å². The Labute approximate surface area is 162 Å². The number of carbonyl (C=O) groups is 2. The quantitative estimate of drug-likeness (QED) is 0.749. The lowest BCUT2D eigenvalue weighted by Crippen LogP contribution is -2.31. The summed E-state index contributed by atoms with van der Waals surface area (Å²) in [5.41, 5.74) is 2.25. The number of rotatable bonds is 3. The number of anilines is 2. The Bertz CT molecular complexity index is 691. The van der Waals surface area contributed by atoms with Crippen molar-refractivity contribution in [1.82, 2.24) is 5.32 Å². The Hall–Kier alpha value is -1.59. The Morgan fingerprint density at radius 2 is 1.81 bits per heavy atom. The predicted molar refractivity (Wildman–Crippen MR) is 108 cm³/mol. The van der Waals surface area contributed by atoms with Crippen LogP contribution >= 0.6 is 12.4 Å². The Balaban J connectivity index is 0.00000243. The Morgan fingerprint density at radius 3 is 2.42 bits per heavy atom. The number of aryl methyl sites for hydroxylation is 1. The number of amides is 2. The molecule has 0 radical (unpaired) electrons. The average molecular weight is 380 g/mol. The van der Waals surface area contributed by atoms with Crippen LogP contribution in [0.25, 0.3) is 0 Å². The number of halogens is 1. The highest BCUT2D eigenvalue weighted by atomic mass is 35.5. The van der Waals surface area contributed by atoms with Crippen molar-refractivity contribution in [2.24, 2.45) is 16.7 Å². The van der Waals surface area contributed by atoms with Gasteiger partial charge in [0.2, 0.25) is 11.8 Å². The minimum absolute atomic E-state index is 0. The van der Waals surface area contributed by atoms with E-state index in [2.05, 4.69) is 16.0 Å². The Morgan fingerprint density at radius 1 is 1.15 bits per heavy atom. The second-order valence-corrected chi connectivity index (χ2v) is 8.59. The number of nitrogens with one attached hydrogen (secondary N) is 3. The second kappa shape index (κ2) is 7.57. The van der Waals surface area contributed by atoms with E-state index >= 15 is 0 Å². The molecule has 6 heteroatoms. The fraction of sp³-hybridized carbons (Fsp3) is 0.600. The number of hydrogen-bond acceptors (Lipinski definition) is 3. The molecule has 0 aromatic heterocycles. The first-order valence-corrected chi connectivity index (χ1v) is 9.15. The van der Waals surface area contributed by atoms with Crippen LogP contribution in [0.4, 0.5) is 11.4 Å². The SMILES string of the molecule is Cc1ccc(NC(=O)C2CC23CCNCC3)cc1NC(=O)C(C)(C)C.Cl. The van der Waals surface area contributed by atoms with Crippen LogP contribution in [-0.2, 0) is 9.59 Å². The van der Waals surface area contributed by atoms with Crippen LogP contribution in [0.15, 0.2) is 18.2 Å². The number of benzene rings is 1. The van der Waals surface area contributed by atoms with E-state index < -0.39 is 5.41 Å². The van der Waals surface area contributed by atoms with Gasteiger partial charge in [0.25, 0.3) is 0 Å². The zero-order chi connectivity index (χ0) is 18.2. The van der Waals surface area contributed by atoms with E-state index in [1.54, 1.807) is 0 Å². The van der Waals surface area contributed by atoms with Gasteiger partial charge in [-0.05, 0) is 62.4 Å². The molecule has 1 aliphatic heterocycles. The van der Waals surface area contributed by atoms with Gasteiger partial charge in [-0.25, -0.2) is 0 Å². The number of hydrogen-bond donors (Lipinski definition) is 3. The highest BCUT2D eigenvalue weighted by molar-refractivity contribution is 5.98. The fourth-order valence-electron chi connectivity index (χ4n) is 3.57. The first-order valence-electron chi connectivity index (χ1n) is 9.15. The third kappa shape index (κ3) is 4.38. The summed E-state index contributed by atoms with van der Waals surface area (Å²) in [4.78, 5) is 24.8. The van der Waals surface area contributed by atoms with Crippen molar-refractivity contribution in [3.63, 3.8) is 0 Å². The van der Waals surface area contributed by atoms with Crippen LogP contribution < -0.4 is 16.0 Å². The van der Waals surface area contributed by atoms with E-state index in [9.17, 15) is 9.59 Å². The fourth-order valence-corrected chi connectivity index (χ4v) is 3.57. The highest BCUT2D eigenvalue weighted by Crippen LogP contribution is 2.58. The molecule has 2 fully saturated rings. The lowest BCUT2D eigenvalue weighted by Gasteiger charge is -2.23. The van der Waals surface area contributed by atoms with Crippen LogP contribution in [0.5, 0.6) is 0 Å². The summed E-state index contributed by atoms with van der Waals surface area (Å²) in [6, 6.07) is 5.69. The molecular formula is C20H30ClN3O2. The van der Waals surface area contributed by atoms with Crippen LogP contribution in [0.2, 0.25) is 0 Å². The molecule has 26 heavy (non-hydrogen) atoms. The maximum absolute atomic E-state index is 12.6. The zero-order valence-corrected chi connectivity index (χ0v) is 16.9. The molecule has 3 rings (SSSR count). The van der Waals surface area contributed by atoms with Gasteiger partial charge < -0.3 is 16.0 Å². The molecule has 1 atom stereocenters. The van der Waals surface area contributed by atoms with E-state index in [1.807, 2.05) is 45.9 Å². The summed E-state index contributed by atoms with van der Waals surface area (Å²) in [7, 11) is 0. The molecule has 144 valence electrons. The van der Waals surface area contributed by atoms with Crippen molar-refractivity contribution in [2.45, 2.75) is 47.0 Å². The van der Waals surface area contributed by atoms with Crippen molar-refractivity contribution in [3.8, 4) is 0 Å². The molecule has 1 spiro atoms. The molecular weight excluding hydrogens is 350 g/mol. The van der Waals surface area contributed by atoms with Crippen molar-refractivity contribution < 1.29 is 9.59 Å². The average Bonchev–Trinajstić information content (AvgIpc) is 3.23. The zero-order valence-electron chi connectivity index (χ0n) is 16.1. The molecule has 5 nitrogen and oxygen atoms in total. The summed E-state index contributed by atoms with van der Waals surface area (Å²) in [5.74, 6) is 0.206. The van der Waals surface area contributed by atoms with E-state index in [-0.39, 0.29) is 35.6 Å². The molecule has 0 bridgehead atoms. The molecule has 2 aliphatic rings. The van der Waals surface area contributed by atoms with E-state index in [0.717, 1.165) is 49.3 Å². The van der Waals surface area contributed by atoms with Crippen LogP contribution in [0.1, 0.15) is 45.6 Å². The standard InChI is InChI=1S/C20H29N3O2.ClH/c1-13-5-6-14(11-16(13)23-18(25)19(2,3)4)22-17(24)15-12-20(15)7-9-21-10-8-20;/h5-6,11,15,21H,7-10,12H2,1-4H3,(H,22,24)(H,23,25);1H. The molecule has 1 unspecified atom stereocenters. The van der Waals surface area contributed by atoms with Gasteiger partial charge in [-0.2, -0.15) is 0 Å². The summed E-state index contributed by atoms with van der Waals surface area (Å²) >= 11 is 0. The largest absolute Gasteiger partial charge is 0.326 e. The molecule has 1 heterocycles. The molecule has 1 aromatic carbocycles. The molecule has 2 amide bonds. The van der Waals surface area contributed by atoms with Crippen LogP contribution in [0.3, 0.4) is 0 Å². The van der Waals surface area contributed by atoms with Crippen molar-refractivity contribution in [2.75, 3.05) is 23.7 Å². The maximum Gasteiger partial charge on any atom is 0.229 e. The van der Waals surface area contributed by atoms with Crippen molar-refractivity contribution in [3.05, 3.63) is 23.8 Å². The first kappa shape index (κ1) is 20.7. The number of carbonyl (C=O) groups excluding carboxylic acids is 2. The van der Waals surface area contributed by atoms with Crippen LogP contribution in [0, 0.1) is 23.7 Å². The van der Waals surface area contributed by atoms with Gasteiger partial charge in [0.05, 0.1) is 0 Å². The molecule has 1 saturated carbocycles. The second-order valence-electron chi connectivity index (χ2n) is 8.59. The van der Waals surface area contributed by atoms with Gasteiger partial charge in [0.1, 0.15) is 0 Å². The monoisotopic (exact) mass is 379 g/mol. The van der Waals surface area contributed by atoms with Crippen molar-refractivity contribution in [1.29, 1.82) is 0 Å². The third-order valence-corrected chi connectivity index (χ3v) is 5.54. The summed E-state index contributed by atoms with van der Waals surface area (Å²) < 4.78 is 0. The highest BCUT2D eigenvalue weighted by Gasteiger charge is 2.57. The summed E-state index contributed by atoms with van der Waals surface area (Å²) in [5, 5.41) is 9.37. The first-order chi connectivity index (χ1) is 11.7. The molecule has 1 aliphatic carbocycles. The lowest BCUT2D eigenvalue weighted by molar-refractivity contribution is -0.123. The van der Waals surface area contributed by atoms with Gasteiger partial charge in [0.15, 0.2) is 0 Å². The normalized spacial score (nSPS) is 20.8. The van der Waals surface area contributed by atoms with Gasteiger partial charge >= 0.3 is 0 Å². The van der Waals surface area contributed by atoms with Gasteiger partial charge in [-0.1, -0.05) is 26.8 Å². The minimum Gasteiger partial charge on any atom is -0.326 e. The summed E-state index contributed by atoms with van der Waals surface area (Å²) in [6.45, 7) is 9.63. The molecule has 1 saturated heterocycles. The minimum atomic E-state index is -0.457. The molecule has 1 aromatic rings. The van der Waals surface area contributed by atoms with E-state index in [1.165, 1.54) is 0 Å². The smallest absolute Gasteiger partial charge is 0.229 e. The maximum atomic E-state index is 12.6.